The van der Waals surface area contributed by atoms with Crippen LogP contribution in [-0.4, -0.2) is 27.0 Å². The third kappa shape index (κ3) is 4.72. The van der Waals surface area contributed by atoms with Gasteiger partial charge in [-0.25, -0.2) is 4.79 Å². The van der Waals surface area contributed by atoms with Gasteiger partial charge in [0.2, 0.25) is 0 Å². The van der Waals surface area contributed by atoms with Crippen molar-refractivity contribution in [2.75, 3.05) is 5.32 Å². The van der Waals surface area contributed by atoms with Crippen LogP contribution in [-0.2, 0) is 0 Å². The van der Waals surface area contributed by atoms with Crippen molar-refractivity contribution in [3.63, 3.8) is 0 Å². The number of carbonyl (C=O) groups excluding carboxylic acids is 1. The lowest BCUT2D eigenvalue weighted by atomic mass is 10.2. The van der Waals surface area contributed by atoms with Gasteiger partial charge in [0.1, 0.15) is 0 Å². The average molecular weight is 380 g/mol. The number of hydrogen-bond acceptors (Lipinski definition) is 5. The first kappa shape index (κ1) is 18.3. The van der Waals surface area contributed by atoms with E-state index in [2.05, 4.69) is 10.6 Å². The summed E-state index contributed by atoms with van der Waals surface area (Å²) in [4.78, 5) is 33.1. The highest BCUT2D eigenvalue weighted by Crippen LogP contribution is 2.22. The number of nitrogens with one attached hydrogen (secondary N) is 2. The lowest BCUT2D eigenvalue weighted by Gasteiger charge is -2.10. The van der Waals surface area contributed by atoms with Gasteiger partial charge < -0.3 is 10.4 Å². The number of anilines is 1. The molecule has 0 aromatic heterocycles. The van der Waals surface area contributed by atoms with Crippen LogP contribution in [0.4, 0.5) is 11.4 Å². The monoisotopic (exact) mass is 379 g/mol. The number of benzene rings is 2. The molecule has 0 radical (unpaired) electrons. The fourth-order valence-corrected chi connectivity index (χ4v) is 2.34. The van der Waals surface area contributed by atoms with E-state index in [0.29, 0.717) is 5.69 Å². The average Bonchev–Trinajstić information content (AvgIpc) is 2.54. The Morgan fingerprint density at radius 1 is 1.20 bits per heavy atom. The molecule has 0 saturated carbocycles. The summed E-state index contributed by atoms with van der Waals surface area (Å²) < 4.78 is 0. The van der Waals surface area contributed by atoms with E-state index in [9.17, 15) is 19.7 Å². The van der Waals surface area contributed by atoms with Gasteiger partial charge in [-0.1, -0.05) is 17.7 Å². The van der Waals surface area contributed by atoms with Gasteiger partial charge in [-0.05, 0) is 36.5 Å². The molecule has 3 N–H and O–H groups in total. The predicted molar refractivity (Wildman–Crippen MR) is 95.2 cm³/mol. The molecule has 0 atom stereocenters. The zero-order chi connectivity index (χ0) is 18.6. The molecule has 8 nitrogen and oxygen atoms in total. The molecule has 0 bridgehead atoms. The molecule has 0 heterocycles. The summed E-state index contributed by atoms with van der Waals surface area (Å²) in [5.74, 6) is -1.76. The normalized spacial score (nSPS) is 9.96. The molecule has 0 spiro atoms. The van der Waals surface area contributed by atoms with Crippen molar-refractivity contribution >= 4 is 52.2 Å². The Labute approximate surface area is 151 Å². The Kier molecular flexibility index (Phi) is 5.63. The minimum Gasteiger partial charge on any atom is -0.478 e. The fourth-order valence-electron chi connectivity index (χ4n) is 1.86. The summed E-state index contributed by atoms with van der Waals surface area (Å²) in [5, 5.41) is 24.5. The van der Waals surface area contributed by atoms with Crippen LogP contribution in [0.25, 0.3) is 0 Å². The number of non-ortho nitro benzene ring substituents is 1. The summed E-state index contributed by atoms with van der Waals surface area (Å²) in [6, 6.07) is 9.26. The highest BCUT2D eigenvalue weighted by molar-refractivity contribution is 7.80. The lowest BCUT2D eigenvalue weighted by Crippen LogP contribution is -2.34. The maximum Gasteiger partial charge on any atom is 0.335 e. The lowest BCUT2D eigenvalue weighted by molar-refractivity contribution is -0.384. The smallest absolute Gasteiger partial charge is 0.335 e. The van der Waals surface area contributed by atoms with Gasteiger partial charge in [0.15, 0.2) is 5.11 Å². The van der Waals surface area contributed by atoms with Crippen molar-refractivity contribution in [1.82, 2.24) is 5.32 Å². The molecule has 2 rings (SSSR count). The van der Waals surface area contributed by atoms with Gasteiger partial charge in [0, 0.05) is 17.8 Å². The molecule has 10 heteroatoms. The first-order valence-corrected chi connectivity index (χ1v) is 7.46. The molecule has 0 fully saturated rings. The molecule has 0 aliphatic heterocycles. The van der Waals surface area contributed by atoms with Gasteiger partial charge in [0.25, 0.3) is 11.6 Å². The van der Waals surface area contributed by atoms with Crippen LogP contribution in [0.2, 0.25) is 5.02 Å². The van der Waals surface area contributed by atoms with E-state index in [1.54, 1.807) is 6.07 Å². The second kappa shape index (κ2) is 7.69. The largest absolute Gasteiger partial charge is 0.478 e. The number of carboxylic acids is 1. The number of thiocarbonyl (C=S) groups is 1. The van der Waals surface area contributed by atoms with Gasteiger partial charge in [-0.3, -0.25) is 20.2 Å². The van der Waals surface area contributed by atoms with Crippen molar-refractivity contribution in [1.29, 1.82) is 0 Å². The number of carbonyl (C=O) groups is 2. The molecule has 1 amide bonds. The first-order chi connectivity index (χ1) is 11.8. The quantitative estimate of drug-likeness (QED) is 0.424. The van der Waals surface area contributed by atoms with Gasteiger partial charge in [-0.2, -0.15) is 0 Å². The van der Waals surface area contributed by atoms with Crippen molar-refractivity contribution in [3.05, 3.63) is 68.7 Å². The molecule has 2 aromatic carbocycles. The van der Waals surface area contributed by atoms with E-state index in [-0.39, 0.29) is 26.9 Å². The van der Waals surface area contributed by atoms with Crippen LogP contribution < -0.4 is 10.6 Å². The number of hydrogen-bond donors (Lipinski definition) is 3. The zero-order valence-electron chi connectivity index (χ0n) is 12.4. The number of halogens is 1. The first-order valence-electron chi connectivity index (χ1n) is 6.67. The van der Waals surface area contributed by atoms with Crippen molar-refractivity contribution in [2.24, 2.45) is 0 Å². The fraction of sp³-hybridized carbons (Fsp3) is 0. The number of rotatable bonds is 4. The molecule has 0 aliphatic carbocycles. The molecule has 128 valence electrons. The number of nitro benzene ring substituents is 1. The van der Waals surface area contributed by atoms with Crippen LogP contribution >= 0.6 is 23.8 Å². The SMILES string of the molecule is O=C(O)c1cccc(NC(=S)NC(=O)c2ccc([N+](=O)[O-])cc2Cl)c1. The third-order valence-electron chi connectivity index (χ3n) is 3.00. The summed E-state index contributed by atoms with van der Waals surface area (Å²) >= 11 is 10.9. The number of aromatic carboxylic acids is 1. The Morgan fingerprint density at radius 3 is 2.52 bits per heavy atom. The molecular formula is C15H10ClN3O5S. The van der Waals surface area contributed by atoms with Gasteiger partial charge in [-0.15, -0.1) is 0 Å². The topological polar surface area (TPSA) is 122 Å². The Morgan fingerprint density at radius 2 is 1.92 bits per heavy atom. The Balaban J connectivity index is 2.08. The van der Waals surface area contributed by atoms with Crippen molar-refractivity contribution in [3.8, 4) is 0 Å². The van der Waals surface area contributed by atoms with Gasteiger partial charge in [0.05, 0.1) is 21.1 Å². The van der Waals surface area contributed by atoms with E-state index < -0.39 is 16.8 Å². The van der Waals surface area contributed by atoms with Crippen molar-refractivity contribution < 1.29 is 19.6 Å². The van der Waals surface area contributed by atoms with Crippen LogP contribution in [0.5, 0.6) is 0 Å². The van der Waals surface area contributed by atoms with Gasteiger partial charge >= 0.3 is 5.97 Å². The van der Waals surface area contributed by atoms with Crippen LogP contribution in [0.3, 0.4) is 0 Å². The van der Waals surface area contributed by atoms with E-state index >= 15 is 0 Å². The second-order valence-electron chi connectivity index (χ2n) is 4.72. The van der Waals surface area contributed by atoms with Crippen molar-refractivity contribution in [2.45, 2.75) is 0 Å². The molecule has 0 unspecified atom stereocenters. The van der Waals surface area contributed by atoms with E-state index in [1.165, 1.54) is 24.3 Å². The van der Waals surface area contributed by atoms with Crippen LogP contribution in [0.1, 0.15) is 20.7 Å². The van der Waals surface area contributed by atoms with Crippen LogP contribution in [0.15, 0.2) is 42.5 Å². The maximum absolute atomic E-state index is 12.1. The Hall–Kier alpha value is -3.04. The minimum absolute atomic E-state index is 0.00991. The second-order valence-corrected chi connectivity index (χ2v) is 5.53. The molecule has 0 aliphatic rings. The van der Waals surface area contributed by atoms with E-state index in [1.807, 2.05) is 0 Å². The maximum atomic E-state index is 12.1. The van der Waals surface area contributed by atoms with E-state index in [0.717, 1.165) is 12.1 Å². The van der Waals surface area contributed by atoms with E-state index in [4.69, 9.17) is 28.9 Å². The molecule has 25 heavy (non-hydrogen) atoms. The number of amides is 1. The summed E-state index contributed by atoms with van der Waals surface area (Å²) in [6.07, 6.45) is 0. The molecular weight excluding hydrogens is 370 g/mol. The number of carboxylic acid groups (broad SMARTS) is 1. The Bertz CT molecular complexity index is 887. The molecule has 0 saturated heterocycles. The van der Waals surface area contributed by atoms with Crippen LogP contribution in [0, 0.1) is 10.1 Å². The highest BCUT2D eigenvalue weighted by atomic mass is 35.5. The summed E-state index contributed by atoms with van der Waals surface area (Å²) in [5.41, 5.74) is 0.195. The minimum atomic E-state index is -1.10. The third-order valence-corrected chi connectivity index (χ3v) is 3.52. The number of nitrogens with zero attached hydrogens (tertiary/aromatic N) is 1. The predicted octanol–water partition coefficient (Wildman–Crippen LogP) is 3.07. The molecule has 2 aromatic rings. The standard InChI is InChI=1S/C15H10ClN3O5S/c16-12-7-10(19(23)24)4-5-11(12)13(20)18-15(25)17-9-3-1-2-8(6-9)14(21)22/h1-7H,(H,21,22)(H2,17,18,20,25). The highest BCUT2D eigenvalue weighted by Gasteiger charge is 2.16. The summed E-state index contributed by atoms with van der Waals surface area (Å²) in [7, 11) is 0. The summed E-state index contributed by atoms with van der Waals surface area (Å²) in [6.45, 7) is 0. The number of nitro groups is 1. The zero-order valence-corrected chi connectivity index (χ0v) is 13.9.